The first-order valence-corrected chi connectivity index (χ1v) is 10.2. The molecule has 166 valence electrons. The number of alkyl halides is 3. The van der Waals surface area contributed by atoms with Gasteiger partial charge >= 0.3 is 6.18 Å². The number of nitrogens with zero attached hydrogens (tertiary/aromatic N) is 4. The highest BCUT2D eigenvalue weighted by molar-refractivity contribution is 6.30. The monoisotopic (exact) mass is 462 g/mol. The van der Waals surface area contributed by atoms with Crippen LogP contribution < -0.4 is 0 Å². The molecular formula is C22H18ClF3N4O2. The van der Waals surface area contributed by atoms with E-state index < -0.39 is 11.9 Å². The van der Waals surface area contributed by atoms with Crippen molar-refractivity contribution in [2.45, 2.75) is 6.18 Å². The molecule has 2 aromatic carbocycles. The van der Waals surface area contributed by atoms with E-state index in [9.17, 15) is 22.8 Å². The Labute approximate surface area is 186 Å². The van der Waals surface area contributed by atoms with E-state index in [0.717, 1.165) is 10.7 Å². The van der Waals surface area contributed by atoms with Gasteiger partial charge in [-0.05, 0) is 48.5 Å². The highest BCUT2D eigenvalue weighted by Gasteiger charge is 2.33. The zero-order valence-electron chi connectivity index (χ0n) is 16.7. The molecule has 0 saturated carbocycles. The molecule has 4 rings (SSSR count). The van der Waals surface area contributed by atoms with E-state index in [2.05, 4.69) is 5.10 Å². The third-order valence-corrected chi connectivity index (χ3v) is 5.42. The second-order valence-corrected chi connectivity index (χ2v) is 7.72. The third-order valence-electron chi connectivity index (χ3n) is 5.18. The van der Waals surface area contributed by atoms with Crippen LogP contribution in [-0.2, 0) is 6.18 Å². The maximum absolute atomic E-state index is 12.8. The molecule has 32 heavy (non-hydrogen) atoms. The Morgan fingerprint density at radius 1 is 0.844 bits per heavy atom. The van der Waals surface area contributed by atoms with Crippen LogP contribution in [-0.4, -0.2) is 57.6 Å². The summed E-state index contributed by atoms with van der Waals surface area (Å²) < 4.78 is 39.3. The van der Waals surface area contributed by atoms with Crippen LogP contribution in [0.15, 0.2) is 60.8 Å². The summed E-state index contributed by atoms with van der Waals surface area (Å²) >= 11 is 5.95. The molecule has 1 aromatic heterocycles. The van der Waals surface area contributed by atoms with Crippen molar-refractivity contribution in [1.29, 1.82) is 0 Å². The molecule has 3 aromatic rings. The van der Waals surface area contributed by atoms with E-state index in [1.165, 1.54) is 6.20 Å². The minimum atomic E-state index is -4.52. The molecule has 2 heterocycles. The van der Waals surface area contributed by atoms with Crippen molar-refractivity contribution in [3.8, 4) is 5.69 Å². The number of hydrogen-bond donors (Lipinski definition) is 0. The van der Waals surface area contributed by atoms with Crippen molar-refractivity contribution < 1.29 is 22.8 Å². The lowest BCUT2D eigenvalue weighted by Crippen LogP contribution is -2.50. The minimum absolute atomic E-state index is 0.138. The fourth-order valence-electron chi connectivity index (χ4n) is 3.47. The topological polar surface area (TPSA) is 58.4 Å². The fraction of sp³-hybridized carbons (Fsp3) is 0.227. The van der Waals surface area contributed by atoms with E-state index in [4.69, 9.17) is 11.6 Å². The molecule has 0 N–H and O–H groups in total. The first-order valence-electron chi connectivity index (χ1n) is 9.80. The summed E-state index contributed by atoms with van der Waals surface area (Å²) in [6.45, 7) is 1.54. The van der Waals surface area contributed by atoms with Gasteiger partial charge in [0.05, 0.1) is 5.69 Å². The van der Waals surface area contributed by atoms with Crippen LogP contribution in [0.1, 0.15) is 26.4 Å². The minimum Gasteiger partial charge on any atom is -0.335 e. The largest absolute Gasteiger partial charge is 0.435 e. The molecule has 1 aliphatic heterocycles. The smallest absolute Gasteiger partial charge is 0.335 e. The standard InChI is InChI=1S/C22H18ClF3N4O2/c23-17-3-1-2-16(14-17)21(32)29-12-10-28(11-13-29)20(31)15-4-6-18(7-5-15)30-9-8-19(27-30)22(24,25)26/h1-9,14H,10-13H2. The highest BCUT2D eigenvalue weighted by atomic mass is 35.5. The van der Waals surface area contributed by atoms with Crippen molar-refractivity contribution in [1.82, 2.24) is 19.6 Å². The van der Waals surface area contributed by atoms with Crippen LogP contribution in [0.2, 0.25) is 5.02 Å². The Bertz CT molecular complexity index is 1140. The maximum atomic E-state index is 12.8. The lowest BCUT2D eigenvalue weighted by atomic mass is 10.1. The van der Waals surface area contributed by atoms with Crippen LogP contribution in [0.4, 0.5) is 13.2 Å². The molecular weight excluding hydrogens is 445 g/mol. The van der Waals surface area contributed by atoms with E-state index in [-0.39, 0.29) is 11.8 Å². The number of carbonyl (C=O) groups is 2. The van der Waals surface area contributed by atoms with Crippen molar-refractivity contribution in [2.75, 3.05) is 26.2 Å². The molecule has 10 heteroatoms. The average Bonchev–Trinajstić information content (AvgIpc) is 3.29. The van der Waals surface area contributed by atoms with Crippen molar-refractivity contribution >= 4 is 23.4 Å². The number of piperazine rings is 1. The number of aromatic nitrogens is 2. The fourth-order valence-corrected chi connectivity index (χ4v) is 3.67. The number of benzene rings is 2. The molecule has 0 bridgehead atoms. The zero-order chi connectivity index (χ0) is 22.9. The lowest BCUT2D eigenvalue weighted by Gasteiger charge is -2.35. The number of halogens is 4. The van der Waals surface area contributed by atoms with E-state index in [1.807, 2.05) is 0 Å². The second kappa shape index (κ2) is 8.66. The van der Waals surface area contributed by atoms with E-state index in [0.29, 0.717) is 48.0 Å². The van der Waals surface area contributed by atoms with Gasteiger partial charge < -0.3 is 9.80 Å². The molecule has 0 aliphatic carbocycles. The zero-order valence-corrected chi connectivity index (χ0v) is 17.5. The van der Waals surface area contributed by atoms with Crippen LogP contribution in [0, 0.1) is 0 Å². The predicted molar refractivity (Wildman–Crippen MR) is 112 cm³/mol. The normalized spacial score (nSPS) is 14.5. The van der Waals surface area contributed by atoms with Gasteiger partial charge in [-0.1, -0.05) is 17.7 Å². The SMILES string of the molecule is O=C(c1ccc(-n2ccc(C(F)(F)F)n2)cc1)N1CCN(C(=O)c2cccc(Cl)c2)CC1. The molecule has 6 nitrogen and oxygen atoms in total. The van der Waals surface area contributed by atoms with Gasteiger partial charge in [0.15, 0.2) is 5.69 Å². The Balaban J connectivity index is 1.38. The predicted octanol–water partition coefficient (Wildman–Crippen LogP) is 4.14. The third kappa shape index (κ3) is 4.62. The molecule has 0 spiro atoms. The maximum Gasteiger partial charge on any atom is 0.435 e. The summed E-state index contributed by atoms with van der Waals surface area (Å²) in [4.78, 5) is 28.7. The van der Waals surface area contributed by atoms with Gasteiger partial charge in [0.2, 0.25) is 0 Å². The van der Waals surface area contributed by atoms with Crippen LogP contribution in [0.5, 0.6) is 0 Å². The number of carbonyl (C=O) groups excluding carboxylic acids is 2. The van der Waals surface area contributed by atoms with E-state index in [1.54, 1.807) is 58.3 Å². The van der Waals surface area contributed by atoms with Crippen molar-refractivity contribution in [2.24, 2.45) is 0 Å². The summed E-state index contributed by atoms with van der Waals surface area (Å²) in [5.41, 5.74) is 0.337. The van der Waals surface area contributed by atoms with Gasteiger partial charge in [-0.2, -0.15) is 18.3 Å². The van der Waals surface area contributed by atoms with Gasteiger partial charge in [-0.15, -0.1) is 0 Å². The first-order chi connectivity index (χ1) is 15.2. The van der Waals surface area contributed by atoms with E-state index >= 15 is 0 Å². The quantitative estimate of drug-likeness (QED) is 0.587. The average molecular weight is 463 g/mol. The van der Waals surface area contributed by atoms with Gasteiger partial charge in [0, 0.05) is 48.5 Å². The molecule has 1 saturated heterocycles. The number of amides is 2. The van der Waals surface area contributed by atoms with Crippen molar-refractivity contribution in [3.63, 3.8) is 0 Å². The molecule has 0 atom stereocenters. The summed E-state index contributed by atoms with van der Waals surface area (Å²) in [6, 6.07) is 13.8. The van der Waals surface area contributed by atoms with Crippen LogP contribution in [0.25, 0.3) is 5.69 Å². The Morgan fingerprint density at radius 2 is 1.44 bits per heavy atom. The van der Waals surface area contributed by atoms with Crippen LogP contribution in [0.3, 0.4) is 0 Å². The van der Waals surface area contributed by atoms with Crippen LogP contribution >= 0.6 is 11.6 Å². The highest BCUT2D eigenvalue weighted by Crippen LogP contribution is 2.28. The Kier molecular flexibility index (Phi) is 5.92. The van der Waals surface area contributed by atoms with Crippen molar-refractivity contribution in [3.05, 3.63) is 82.6 Å². The Hall–Kier alpha value is -3.33. The lowest BCUT2D eigenvalue weighted by molar-refractivity contribution is -0.141. The number of rotatable bonds is 3. The summed E-state index contributed by atoms with van der Waals surface area (Å²) in [6.07, 6.45) is -3.30. The molecule has 1 aliphatic rings. The van der Waals surface area contributed by atoms with Gasteiger partial charge in [0.25, 0.3) is 11.8 Å². The summed E-state index contributed by atoms with van der Waals surface area (Å²) in [7, 11) is 0. The molecule has 0 unspecified atom stereocenters. The second-order valence-electron chi connectivity index (χ2n) is 7.28. The molecule has 0 radical (unpaired) electrons. The first kappa shape index (κ1) is 21.9. The Morgan fingerprint density at radius 3 is 1.97 bits per heavy atom. The molecule has 1 fully saturated rings. The van der Waals surface area contributed by atoms with Gasteiger partial charge in [-0.3, -0.25) is 9.59 Å². The summed E-state index contributed by atoms with van der Waals surface area (Å²) in [5, 5.41) is 4.01. The van der Waals surface area contributed by atoms with Gasteiger partial charge in [0.1, 0.15) is 0 Å². The number of hydrogen-bond acceptors (Lipinski definition) is 3. The van der Waals surface area contributed by atoms with Gasteiger partial charge in [-0.25, -0.2) is 4.68 Å². The summed E-state index contributed by atoms with van der Waals surface area (Å²) in [5.74, 6) is -0.343. The molecule has 2 amide bonds.